The van der Waals surface area contributed by atoms with Gasteiger partial charge in [0.25, 0.3) is 0 Å². The van der Waals surface area contributed by atoms with Crippen molar-refractivity contribution in [1.29, 1.82) is 0 Å². The van der Waals surface area contributed by atoms with Crippen LogP contribution in [0.1, 0.15) is 57.0 Å². The SMILES string of the molecule is CCO.CO.CO.Cc1ccc2c(c1)oc1c[c-]c(-c3cc(CC(C)C)c([Si](C)(C)C)cn3)cc12.Cc1ccc2c(n1)oc1ccc(-c3cc(CC(C)C)c([Si](C)(C)C)cn3)cc12.O=S(=O)(O)C(F)(F)F.[Ir+3].[Ir].[c-]1ccccc1-c1ccccn1.[c-]1ccccc1-c1ccccn1.[c-]1ccccc1-c1ccccn1.[c-]1ccccc1-c1ccccn1. The summed E-state index contributed by atoms with van der Waals surface area (Å²) in [5.74, 6) is 1.25. The van der Waals surface area contributed by atoms with E-state index in [0.717, 1.165) is 139 Å². The molecule has 121 heavy (non-hydrogen) atoms. The molecule has 633 valence electrons. The third-order valence-electron chi connectivity index (χ3n) is 17.4. The smallest absolute Gasteiger partial charge is 0.500 e. The standard InChI is InChI=1S/C25H28NOSi.C24H28N2OSi.4C11H8N.C2H6O.CHF3O3S.2CH4O.2Ir/c1-16(2)11-19-14-22(26-15-25(19)28(4,5)6)18-8-10-23-21(13-18)20-9-7-17(3)12-24(20)27-23;1-15(2)11-18-13-21(25-14-23(18)28(4,5)6)17-8-10-22-20(12-17)19-9-7-16(3)26-24(19)27-22;4*1-2-6-10(7-3-1)11-8-4-5-9-12-11;1-2-3;2-1(3,4)8(5,6)7;2*1-2;;/h7,9-10,12-16H,11H2,1-6H3;7-10,12-15H,11H2,1-6H3;4*1-6,8-9H;3H,2H2,1H3;(H,5,6,7);2*2H,1H3;;/q-1;;4*-1;;;;;;+3. The number of furan rings is 2. The zero-order valence-corrected chi connectivity index (χ0v) is 78.2. The molecule has 0 aliphatic carbocycles. The number of rotatable bonds is 12. The first-order valence-electron chi connectivity index (χ1n) is 38.7. The molecular weight excluding hydrogens is 1930 g/mol. The molecular formula is C98H103F3Ir2N7O8SSi2-2. The van der Waals surface area contributed by atoms with E-state index >= 15 is 0 Å². The molecule has 0 saturated carbocycles. The van der Waals surface area contributed by atoms with Gasteiger partial charge in [-0.05, 0) is 162 Å². The van der Waals surface area contributed by atoms with Crippen molar-refractivity contribution in [3.63, 3.8) is 0 Å². The van der Waals surface area contributed by atoms with Crippen LogP contribution in [0, 0.1) is 56.0 Å². The van der Waals surface area contributed by atoms with E-state index in [1.165, 1.54) is 27.1 Å². The minimum atomic E-state index is -5.84. The monoisotopic (exact) mass is 2040 g/mol. The minimum Gasteiger partial charge on any atom is -0.500 e. The summed E-state index contributed by atoms with van der Waals surface area (Å²) < 4.78 is 69.5. The molecule has 16 rings (SSSR count). The quantitative estimate of drug-likeness (QED) is 0.0386. The number of aliphatic hydroxyl groups is 3. The van der Waals surface area contributed by atoms with Gasteiger partial charge in [-0.2, -0.15) is 21.6 Å². The molecule has 0 aliphatic heterocycles. The van der Waals surface area contributed by atoms with Crippen LogP contribution in [0.5, 0.6) is 0 Å². The predicted octanol–water partition coefficient (Wildman–Crippen LogP) is 22.4. The Kier molecular flexibility index (Phi) is 41.8. The molecule has 0 spiro atoms. The van der Waals surface area contributed by atoms with Gasteiger partial charge in [-0.1, -0.05) is 145 Å². The fraction of sp³-hybridized carbons (Fsp3) is 0.214. The topological polar surface area (TPSA) is 232 Å². The number of fused-ring (bicyclic) bond motifs is 6. The summed E-state index contributed by atoms with van der Waals surface area (Å²) >= 11 is 0. The number of nitrogens with zero attached hydrogens (tertiary/aromatic N) is 7. The van der Waals surface area contributed by atoms with E-state index in [1.807, 2.05) is 195 Å². The Balaban J connectivity index is 0.000000258. The van der Waals surface area contributed by atoms with Crippen LogP contribution in [-0.2, 0) is 63.2 Å². The molecule has 0 fully saturated rings. The number of hydrogen-bond donors (Lipinski definition) is 4. The van der Waals surface area contributed by atoms with E-state index in [0.29, 0.717) is 17.5 Å². The van der Waals surface area contributed by atoms with Crippen LogP contribution < -0.4 is 10.4 Å². The molecule has 15 nitrogen and oxygen atoms in total. The molecule has 9 heterocycles. The van der Waals surface area contributed by atoms with Gasteiger partial charge in [0.05, 0.1) is 27.4 Å². The van der Waals surface area contributed by atoms with Crippen molar-refractivity contribution in [2.75, 3.05) is 20.8 Å². The van der Waals surface area contributed by atoms with E-state index in [1.54, 1.807) is 31.7 Å². The average molecular weight is 2040 g/mol. The van der Waals surface area contributed by atoms with Gasteiger partial charge < -0.3 is 49.1 Å². The summed E-state index contributed by atoms with van der Waals surface area (Å²) in [4.78, 5) is 31.1. The van der Waals surface area contributed by atoms with E-state index in [9.17, 15) is 13.2 Å². The second kappa shape index (κ2) is 50.0. The number of benzene rings is 7. The van der Waals surface area contributed by atoms with Crippen LogP contribution in [0.15, 0.2) is 289 Å². The van der Waals surface area contributed by atoms with Crippen molar-refractivity contribution >= 4 is 80.6 Å². The van der Waals surface area contributed by atoms with Gasteiger partial charge >= 0.3 is 35.7 Å². The molecule has 0 unspecified atom stereocenters. The molecule has 23 heteroatoms. The Bertz CT molecular complexity index is 5170. The summed E-state index contributed by atoms with van der Waals surface area (Å²) in [5.41, 5.74) is 15.2. The first-order valence-corrected chi connectivity index (χ1v) is 47.1. The van der Waals surface area contributed by atoms with Crippen molar-refractivity contribution in [1.82, 2.24) is 34.9 Å². The van der Waals surface area contributed by atoms with Crippen molar-refractivity contribution < 1.29 is 90.5 Å². The van der Waals surface area contributed by atoms with E-state index in [4.69, 9.17) is 47.1 Å². The maximum Gasteiger partial charge on any atom is 3.00 e. The summed E-state index contributed by atoms with van der Waals surface area (Å²) in [6.07, 6.45) is 13.6. The van der Waals surface area contributed by atoms with Crippen molar-refractivity contribution in [2.24, 2.45) is 11.8 Å². The van der Waals surface area contributed by atoms with Crippen LogP contribution >= 0.6 is 0 Å². The Morgan fingerprint density at radius 1 is 0.430 bits per heavy atom. The van der Waals surface area contributed by atoms with Gasteiger partial charge in [0.15, 0.2) is 0 Å². The molecule has 0 saturated heterocycles. The molecule has 4 N–H and O–H groups in total. The summed E-state index contributed by atoms with van der Waals surface area (Å²) in [6, 6.07) is 96.2. The number of aryl methyl sites for hydroxylation is 2. The summed E-state index contributed by atoms with van der Waals surface area (Å²) in [5, 5.41) is 28.9. The number of aliphatic hydroxyl groups excluding tert-OH is 3. The summed E-state index contributed by atoms with van der Waals surface area (Å²) in [6.45, 7) is 29.5. The zero-order valence-electron chi connectivity index (χ0n) is 70.6. The summed E-state index contributed by atoms with van der Waals surface area (Å²) in [7, 11) is -6.70. The van der Waals surface area contributed by atoms with Crippen LogP contribution in [0.4, 0.5) is 13.2 Å². The van der Waals surface area contributed by atoms with Gasteiger partial charge in [-0.25, -0.2) is 4.98 Å². The molecule has 0 bridgehead atoms. The van der Waals surface area contributed by atoms with Gasteiger partial charge in [0.1, 0.15) is 11.2 Å². The van der Waals surface area contributed by atoms with Crippen LogP contribution in [0.2, 0.25) is 39.3 Å². The second-order valence-corrected chi connectivity index (χ2v) is 41.2. The number of aromatic nitrogens is 7. The Hall–Kier alpha value is -10.5. The zero-order chi connectivity index (χ0) is 86.7. The van der Waals surface area contributed by atoms with Gasteiger partial charge in [-0.3, -0.25) is 9.54 Å². The molecule has 9 aromatic heterocycles. The number of halogens is 3. The van der Waals surface area contributed by atoms with Crippen LogP contribution in [0.25, 0.3) is 112 Å². The predicted molar refractivity (Wildman–Crippen MR) is 484 cm³/mol. The van der Waals surface area contributed by atoms with Crippen molar-refractivity contribution in [2.45, 2.75) is 106 Å². The first kappa shape index (κ1) is 101. The maximum atomic E-state index is 10.7. The fourth-order valence-corrected chi connectivity index (χ4v) is 15.2. The van der Waals surface area contributed by atoms with Gasteiger partial charge in [0.2, 0.25) is 5.71 Å². The largest absolute Gasteiger partial charge is 3.00 e. The average Bonchev–Trinajstić information content (AvgIpc) is 1.64. The normalized spacial score (nSPS) is 10.7. The van der Waals surface area contributed by atoms with Crippen molar-refractivity contribution in [3.8, 4) is 67.5 Å². The Morgan fingerprint density at radius 2 is 0.810 bits per heavy atom. The molecule has 0 amide bonds. The Labute approximate surface area is 739 Å². The number of pyridine rings is 7. The van der Waals surface area contributed by atoms with E-state index in [2.05, 4.69) is 196 Å². The number of alkyl halides is 3. The van der Waals surface area contributed by atoms with Gasteiger partial charge in [0, 0.05) is 106 Å². The third kappa shape index (κ3) is 31.5. The fourth-order valence-electron chi connectivity index (χ4n) is 12.1. The second-order valence-electron chi connectivity index (χ2n) is 29.7. The van der Waals surface area contributed by atoms with Crippen LogP contribution in [-0.4, -0.2) is 106 Å². The van der Waals surface area contributed by atoms with Crippen molar-refractivity contribution in [3.05, 3.63) is 333 Å². The van der Waals surface area contributed by atoms with Gasteiger partial charge in [-0.15, -0.1) is 167 Å². The molecule has 16 aromatic rings. The minimum absolute atomic E-state index is 0. The van der Waals surface area contributed by atoms with E-state index < -0.39 is 31.8 Å². The molecule has 1 radical (unpaired) electrons. The number of hydrogen-bond acceptors (Lipinski definition) is 14. The molecule has 0 aliphatic rings. The first-order chi connectivity index (χ1) is 57.0. The van der Waals surface area contributed by atoms with Crippen LogP contribution in [0.3, 0.4) is 0 Å². The Morgan fingerprint density at radius 3 is 1.17 bits per heavy atom. The third-order valence-corrected chi connectivity index (χ3v) is 22.1. The molecule has 7 aromatic carbocycles. The van der Waals surface area contributed by atoms with E-state index in [-0.39, 0.29) is 46.8 Å². The molecule has 0 atom stereocenters. The maximum absolute atomic E-state index is 10.7.